The van der Waals surface area contributed by atoms with Gasteiger partial charge in [0.2, 0.25) is 5.88 Å². The SMILES string of the molecule is O=C(Nc1cnc2ccc(-c3ccccc3C(F)(F)F)nn12)c1cccc(OCC(O)CO)n1. The summed E-state index contributed by atoms with van der Waals surface area (Å²) in [4.78, 5) is 20.9. The number of fused-ring (bicyclic) bond motifs is 1. The molecule has 3 heterocycles. The largest absolute Gasteiger partial charge is 0.475 e. The number of aromatic nitrogens is 4. The van der Waals surface area contributed by atoms with Gasteiger partial charge in [-0.05, 0) is 24.3 Å². The molecule has 3 aromatic heterocycles. The van der Waals surface area contributed by atoms with Crippen molar-refractivity contribution < 1.29 is 32.9 Å². The number of imidazole rings is 1. The van der Waals surface area contributed by atoms with E-state index in [1.54, 1.807) is 0 Å². The molecule has 0 fully saturated rings. The Morgan fingerprint density at radius 2 is 1.91 bits per heavy atom. The normalized spacial score (nSPS) is 12.5. The van der Waals surface area contributed by atoms with Crippen LogP contribution in [0.4, 0.5) is 19.0 Å². The number of amides is 1. The van der Waals surface area contributed by atoms with E-state index in [1.807, 2.05) is 0 Å². The fourth-order valence-corrected chi connectivity index (χ4v) is 3.09. The van der Waals surface area contributed by atoms with Crippen LogP contribution in [-0.4, -0.2) is 55.0 Å². The lowest BCUT2D eigenvalue weighted by Crippen LogP contribution is -2.22. The first kappa shape index (κ1) is 23.1. The van der Waals surface area contributed by atoms with Gasteiger partial charge in [0.15, 0.2) is 11.5 Å². The van der Waals surface area contributed by atoms with Crippen LogP contribution in [0.3, 0.4) is 0 Å². The number of aliphatic hydroxyl groups is 2. The van der Waals surface area contributed by atoms with Gasteiger partial charge in [0.25, 0.3) is 5.91 Å². The molecule has 4 rings (SSSR count). The molecule has 0 aliphatic rings. The fourth-order valence-electron chi connectivity index (χ4n) is 3.09. The molecule has 176 valence electrons. The number of anilines is 1. The summed E-state index contributed by atoms with van der Waals surface area (Å²) in [6.45, 7) is -0.704. The molecule has 1 unspecified atom stereocenters. The quantitative estimate of drug-likeness (QED) is 0.377. The third kappa shape index (κ3) is 4.97. The molecule has 0 radical (unpaired) electrons. The summed E-state index contributed by atoms with van der Waals surface area (Å²) in [6.07, 6.45) is -4.34. The molecule has 1 amide bonds. The van der Waals surface area contributed by atoms with Crippen molar-refractivity contribution in [1.82, 2.24) is 19.6 Å². The molecule has 12 heteroatoms. The highest BCUT2D eigenvalue weighted by molar-refractivity contribution is 6.02. The average molecular weight is 473 g/mol. The highest BCUT2D eigenvalue weighted by Gasteiger charge is 2.33. The van der Waals surface area contributed by atoms with Gasteiger partial charge in [-0.25, -0.2) is 9.97 Å². The molecule has 0 bridgehead atoms. The first-order valence-corrected chi connectivity index (χ1v) is 9.98. The number of benzene rings is 1. The Morgan fingerprint density at radius 1 is 1.12 bits per heavy atom. The molecular weight excluding hydrogens is 455 g/mol. The molecule has 34 heavy (non-hydrogen) atoms. The second-order valence-electron chi connectivity index (χ2n) is 7.14. The lowest BCUT2D eigenvalue weighted by molar-refractivity contribution is -0.137. The second-order valence-corrected chi connectivity index (χ2v) is 7.14. The number of nitrogens with zero attached hydrogens (tertiary/aromatic N) is 4. The number of carbonyl (C=O) groups excluding carboxylic acids is 1. The molecule has 0 aliphatic heterocycles. The molecule has 1 aromatic carbocycles. The van der Waals surface area contributed by atoms with Crippen molar-refractivity contribution in [3.8, 4) is 17.1 Å². The predicted octanol–water partition coefficient (Wildman–Crippen LogP) is 2.79. The van der Waals surface area contributed by atoms with Crippen molar-refractivity contribution in [2.75, 3.05) is 18.5 Å². The lowest BCUT2D eigenvalue weighted by atomic mass is 10.0. The predicted molar refractivity (Wildman–Crippen MR) is 114 cm³/mol. The third-order valence-electron chi connectivity index (χ3n) is 4.70. The molecule has 3 N–H and O–H groups in total. The van der Waals surface area contributed by atoms with Crippen molar-refractivity contribution in [3.63, 3.8) is 0 Å². The van der Waals surface area contributed by atoms with Crippen LogP contribution < -0.4 is 10.1 Å². The number of nitrogens with one attached hydrogen (secondary N) is 1. The lowest BCUT2D eigenvalue weighted by Gasteiger charge is -2.12. The maximum Gasteiger partial charge on any atom is 0.417 e. The highest BCUT2D eigenvalue weighted by atomic mass is 19.4. The van der Waals surface area contributed by atoms with Gasteiger partial charge in [-0.1, -0.05) is 24.3 Å². The van der Waals surface area contributed by atoms with E-state index in [1.165, 1.54) is 59.2 Å². The van der Waals surface area contributed by atoms with E-state index in [0.717, 1.165) is 6.07 Å². The van der Waals surface area contributed by atoms with Gasteiger partial charge >= 0.3 is 6.18 Å². The standard InChI is InChI=1S/C22H18F3N5O4/c23-22(24,25)15-5-2-1-4-14(15)16-8-9-18-26-10-19(30(18)29-16)28-21(33)17-6-3-7-20(27-17)34-12-13(32)11-31/h1-10,13,31-32H,11-12H2,(H,28,33). The summed E-state index contributed by atoms with van der Waals surface area (Å²) < 4.78 is 46.8. The Bertz CT molecular complexity index is 1330. The molecule has 0 spiro atoms. The molecular formula is C22H18F3N5O4. The van der Waals surface area contributed by atoms with E-state index < -0.39 is 30.4 Å². The molecule has 0 saturated carbocycles. The minimum Gasteiger partial charge on any atom is -0.475 e. The number of aliphatic hydroxyl groups excluding tert-OH is 2. The average Bonchev–Trinajstić information content (AvgIpc) is 3.24. The van der Waals surface area contributed by atoms with Crippen LogP contribution in [0.1, 0.15) is 16.1 Å². The molecule has 9 nitrogen and oxygen atoms in total. The summed E-state index contributed by atoms with van der Waals surface area (Å²) in [5.74, 6) is -0.463. The summed E-state index contributed by atoms with van der Waals surface area (Å²) in [5, 5.41) is 25.0. The number of pyridine rings is 1. The first-order chi connectivity index (χ1) is 16.3. The highest BCUT2D eigenvalue weighted by Crippen LogP contribution is 2.36. The monoisotopic (exact) mass is 473 g/mol. The van der Waals surface area contributed by atoms with Crippen LogP contribution in [0.5, 0.6) is 5.88 Å². The zero-order valence-electron chi connectivity index (χ0n) is 17.4. The van der Waals surface area contributed by atoms with Crippen molar-refractivity contribution in [3.05, 3.63) is 72.1 Å². The van der Waals surface area contributed by atoms with Crippen molar-refractivity contribution in [2.45, 2.75) is 12.3 Å². The van der Waals surface area contributed by atoms with E-state index in [9.17, 15) is 23.1 Å². The number of hydrogen-bond acceptors (Lipinski definition) is 7. The van der Waals surface area contributed by atoms with Crippen molar-refractivity contribution >= 4 is 17.4 Å². The van der Waals surface area contributed by atoms with Crippen LogP contribution in [0.15, 0.2) is 60.8 Å². The van der Waals surface area contributed by atoms with Gasteiger partial charge < -0.3 is 20.3 Å². The van der Waals surface area contributed by atoms with Crippen LogP contribution in [0, 0.1) is 0 Å². The Balaban J connectivity index is 1.60. The van der Waals surface area contributed by atoms with Crippen LogP contribution >= 0.6 is 0 Å². The Kier molecular flexibility index (Phi) is 6.43. The maximum atomic E-state index is 13.4. The summed E-state index contributed by atoms with van der Waals surface area (Å²) >= 11 is 0. The van der Waals surface area contributed by atoms with E-state index in [4.69, 9.17) is 9.84 Å². The van der Waals surface area contributed by atoms with E-state index >= 15 is 0 Å². The summed E-state index contributed by atoms with van der Waals surface area (Å²) in [6, 6.07) is 12.4. The first-order valence-electron chi connectivity index (χ1n) is 9.98. The smallest absolute Gasteiger partial charge is 0.417 e. The number of alkyl halides is 3. The summed E-state index contributed by atoms with van der Waals surface area (Å²) in [7, 11) is 0. The molecule has 4 aromatic rings. The topological polar surface area (TPSA) is 122 Å². The zero-order chi connectivity index (χ0) is 24.3. The Hall–Kier alpha value is -4.03. The molecule has 1 atom stereocenters. The second kappa shape index (κ2) is 9.45. The van der Waals surface area contributed by atoms with E-state index in [2.05, 4.69) is 20.4 Å². The van der Waals surface area contributed by atoms with Gasteiger partial charge in [0.1, 0.15) is 18.4 Å². The van der Waals surface area contributed by atoms with Gasteiger partial charge in [0.05, 0.1) is 24.1 Å². The molecule has 0 saturated heterocycles. The Labute approximate surface area is 190 Å². The number of ether oxygens (including phenoxy) is 1. The fraction of sp³-hybridized carbons (Fsp3) is 0.182. The number of rotatable bonds is 7. The van der Waals surface area contributed by atoms with Gasteiger partial charge in [0, 0.05) is 11.6 Å². The van der Waals surface area contributed by atoms with Gasteiger partial charge in [-0.3, -0.25) is 4.79 Å². The van der Waals surface area contributed by atoms with Crippen molar-refractivity contribution in [1.29, 1.82) is 0 Å². The minimum absolute atomic E-state index is 0.0236. The van der Waals surface area contributed by atoms with Gasteiger partial charge in [-0.2, -0.15) is 22.8 Å². The van der Waals surface area contributed by atoms with Crippen molar-refractivity contribution in [2.24, 2.45) is 0 Å². The molecule has 0 aliphatic carbocycles. The van der Waals surface area contributed by atoms with E-state index in [0.29, 0.717) is 5.65 Å². The Morgan fingerprint density at radius 3 is 2.68 bits per heavy atom. The van der Waals surface area contributed by atoms with Crippen LogP contribution in [0.25, 0.3) is 16.9 Å². The van der Waals surface area contributed by atoms with Crippen LogP contribution in [-0.2, 0) is 6.18 Å². The minimum atomic E-state index is -4.56. The zero-order valence-corrected chi connectivity index (χ0v) is 17.4. The van der Waals surface area contributed by atoms with E-state index in [-0.39, 0.29) is 35.3 Å². The van der Waals surface area contributed by atoms with Gasteiger partial charge in [-0.15, -0.1) is 0 Å². The number of carbonyl (C=O) groups is 1. The summed E-state index contributed by atoms with van der Waals surface area (Å²) in [5.41, 5.74) is -0.611. The maximum absolute atomic E-state index is 13.4. The van der Waals surface area contributed by atoms with Crippen LogP contribution in [0.2, 0.25) is 0 Å². The third-order valence-corrected chi connectivity index (χ3v) is 4.70. The number of hydrogen-bond donors (Lipinski definition) is 3. The number of halogens is 3.